The van der Waals surface area contributed by atoms with Crippen molar-refractivity contribution in [1.29, 1.82) is 0 Å². The molecule has 0 saturated heterocycles. The average molecular weight is 306 g/mol. The third kappa shape index (κ3) is 4.48. The number of benzene rings is 1. The Labute approximate surface area is 108 Å². The molecule has 0 amide bonds. The molecule has 0 fully saturated rings. The van der Waals surface area contributed by atoms with Gasteiger partial charge in [-0.05, 0) is 30.0 Å². The summed E-state index contributed by atoms with van der Waals surface area (Å²) in [6.45, 7) is -2.88. The second kappa shape index (κ2) is 5.72. The quantitative estimate of drug-likeness (QED) is 0.675. The highest BCUT2D eigenvalue weighted by Crippen LogP contribution is 2.45. The van der Waals surface area contributed by atoms with Gasteiger partial charge in [-0.1, -0.05) is 23.2 Å². The smallest absolute Gasteiger partial charge is 0.236 e. The van der Waals surface area contributed by atoms with Crippen molar-refractivity contribution in [2.75, 3.05) is 12.0 Å². The van der Waals surface area contributed by atoms with Crippen LogP contribution in [-0.2, 0) is 11.8 Å². The second-order valence-electron chi connectivity index (χ2n) is 2.72. The normalized spacial score (nSPS) is 14.7. The summed E-state index contributed by atoms with van der Waals surface area (Å²) in [7, 11) is 0. The van der Waals surface area contributed by atoms with Crippen LogP contribution in [-0.4, -0.2) is 16.9 Å². The predicted molar refractivity (Wildman–Crippen MR) is 69.2 cm³/mol. The van der Waals surface area contributed by atoms with Crippen LogP contribution in [0.2, 0.25) is 10.0 Å². The van der Waals surface area contributed by atoms with Crippen LogP contribution in [0.25, 0.3) is 0 Å². The summed E-state index contributed by atoms with van der Waals surface area (Å²) in [6.07, 6.45) is 0.239. The van der Waals surface area contributed by atoms with Crippen molar-refractivity contribution in [1.82, 2.24) is 0 Å². The highest BCUT2D eigenvalue weighted by Gasteiger charge is 2.16. The third-order valence-corrected chi connectivity index (χ3v) is 4.53. The SMILES string of the molecule is OP(=S)(CCCl)Oc1ccc(Cl)cc1Cl. The Bertz CT molecular complexity index is 399. The van der Waals surface area contributed by atoms with Crippen LogP contribution in [0.15, 0.2) is 18.2 Å². The van der Waals surface area contributed by atoms with E-state index in [2.05, 4.69) is 0 Å². The van der Waals surface area contributed by atoms with Gasteiger partial charge in [0, 0.05) is 17.1 Å². The Morgan fingerprint density at radius 2 is 2.07 bits per heavy atom. The van der Waals surface area contributed by atoms with Gasteiger partial charge in [-0.3, -0.25) is 0 Å². The maximum Gasteiger partial charge on any atom is 0.236 e. The van der Waals surface area contributed by atoms with Gasteiger partial charge in [0.1, 0.15) is 5.75 Å². The Kier molecular flexibility index (Phi) is 5.17. The van der Waals surface area contributed by atoms with Gasteiger partial charge in [-0.15, -0.1) is 11.6 Å². The lowest BCUT2D eigenvalue weighted by atomic mass is 10.3. The first-order valence-electron chi connectivity index (χ1n) is 3.97. The van der Waals surface area contributed by atoms with Gasteiger partial charge >= 0.3 is 0 Å². The summed E-state index contributed by atoms with van der Waals surface area (Å²) < 4.78 is 5.23. The van der Waals surface area contributed by atoms with Crippen LogP contribution in [0.5, 0.6) is 5.75 Å². The lowest BCUT2D eigenvalue weighted by molar-refractivity contribution is 0.485. The molecule has 0 radical (unpaired) electrons. The van der Waals surface area contributed by atoms with Gasteiger partial charge in [-0.2, -0.15) is 0 Å². The van der Waals surface area contributed by atoms with Crippen LogP contribution >= 0.6 is 41.3 Å². The van der Waals surface area contributed by atoms with Crippen molar-refractivity contribution < 1.29 is 9.42 Å². The van der Waals surface area contributed by atoms with E-state index in [1.165, 1.54) is 6.07 Å². The van der Waals surface area contributed by atoms with Crippen LogP contribution in [0.4, 0.5) is 0 Å². The second-order valence-corrected chi connectivity index (χ2v) is 7.55. The standard InChI is InChI=1S/C8H8Cl3O2PS/c9-3-4-14(12,15)13-8-2-1-6(10)5-7(8)11/h1-2,5H,3-4H2,(H,12,15). The zero-order chi connectivity index (χ0) is 11.5. The molecule has 0 aliphatic carbocycles. The van der Waals surface area contributed by atoms with Gasteiger partial charge in [0.05, 0.1) is 5.02 Å². The number of halogens is 3. The van der Waals surface area contributed by atoms with E-state index in [1.54, 1.807) is 12.1 Å². The summed E-state index contributed by atoms with van der Waals surface area (Å²) in [4.78, 5) is 9.69. The summed E-state index contributed by atoms with van der Waals surface area (Å²) in [6, 6.07) is 4.70. The fourth-order valence-corrected chi connectivity index (χ4v) is 3.63. The maximum atomic E-state index is 9.69. The monoisotopic (exact) mass is 304 g/mol. The summed E-state index contributed by atoms with van der Waals surface area (Å²) >= 11 is 21.9. The van der Waals surface area contributed by atoms with Gasteiger partial charge in [0.2, 0.25) is 6.49 Å². The van der Waals surface area contributed by atoms with Gasteiger partial charge in [-0.25, -0.2) is 0 Å². The molecule has 1 N–H and O–H groups in total. The lowest BCUT2D eigenvalue weighted by Crippen LogP contribution is -1.98. The molecule has 1 unspecified atom stereocenters. The van der Waals surface area contributed by atoms with E-state index < -0.39 is 6.49 Å². The maximum absolute atomic E-state index is 9.69. The molecule has 0 aliphatic heterocycles. The largest absolute Gasteiger partial charge is 0.442 e. The molecule has 84 valence electrons. The van der Waals surface area contributed by atoms with E-state index in [0.29, 0.717) is 15.8 Å². The van der Waals surface area contributed by atoms with E-state index in [0.717, 1.165) is 0 Å². The number of rotatable bonds is 4. The summed E-state index contributed by atoms with van der Waals surface area (Å²) in [5, 5.41) is 0.816. The van der Waals surface area contributed by atoms with Crippen LogP contribution < -0.4 is 4.52 Å². The molecular formula is C8H8Cl3O2PS. The predicted octanol–water partition coefficient (Wildman–Crippen LogP) is 3.91. The zero-order valence-corrected chi connectivity index (χ0v) is 11.5. The molecule has 15 heavy (non-hydrogen) atoms. The van der Waals surface area contributed by atoms with Gasteiger partial charge < -0.3 is 9.42 Å². The molecule has 0 aliphatic rings. The van der Waals surface area contributed by atoms with Crippen molar-refractivity contribution in [3.05, 3.63) is 28.2 Å². The van der Waals surface area contributed by atoms with E-state index in [4.69, 9.17) is 51.1 Å². The molecular weight excluding hydrogens is 297 g/mol. The molecule has 0 aromatic heterocycles. The molecule has 1 atom stereocenters. The summed E-state index contributed by atoms with van der Waals surface area (Å²) in [5.41, 5.74) is 0. The van der Waals surface area contributed by atoms with E-state index >= 15 is 0 Å². The molecule has 1 rings (SSSR count). The fourth-order valence-electron chi connectivity index (χ4n) is 0.855. The molecule has 0 saturated carbocycles. The van der Waals surface area contributed by atoms with Crippen molar-refractivity contribution in [3.8, 4) is 5.75 Å². The first-order valence-corrected chi connectivity index (χ1v) is 8.12. The number of hydrogen-bond donors (Lipinski definition) is 1. The number of alkyl halides is 1. The van der Waals surface area contributed by atoms with Crippen molar-refractivity contribution in [2.45, 2.75) is 0 Å². The Morgan fingerprint density at radius 3 is 2.60 bits per heavy atom. The third-order valence-electron chi connectivity index (χ3n) is 1.50. The minimum absolute atomic E-state index is 0.239. The zero-order valence-electron chi connectivity index (χ0n) is 7.49. The van der Waals surface area contributed by atoms with Crippen molar-refractivity contribution in [2.24, 2.45) is 0 Å². The molecule has 1 aromatic carbocycles. The van der Waals surface area contributed by atoms with Gasteiger partial charge in [0.15, 0.2) is 0 Å². The van der Waals surface area contributed by atoms with E-state index in [-0.39, 0.29) is 12.0 Å². The highest BCUT2D eigenvalue weighted by molar-refractivity contribution is 8.09. The Morgan fingerprint density at radius 1 is 1.40 bits per heavy atom. The van der Waals surface area contributed by atoms with Gasteiger partial charge in [0.25, 0.3) is 0 Å². The van der Waals surface area contributed by atoms with Crippen LogP contribution in [0.1, 0.15) is 0 Å². The van der Waals surface area contributed by atoms with E-state index in [9.17, 15) is 4.89 Å². The molecule has 7 heteroatoms. The van der Waals surface area contributed by atoms with Crippen LogP contribution in [0.3, 0.4) is 0 Å². The molecule has 2 nitrogen and oxygen atoms in total. The van der Waals surface area contributed by atoms with Crippen molar-refractivity contribution in [3.63, 3.8) is 0 Å². The minimum Gasteiger partial charge on any atom is -0.442 e. The molecule has 0 heterocycles. The Balaban J connectivity index is 2.85. The molecule has 1 aromatic rings. The lowest BCUT2D eigenvalue weighted by Gasteiger charge is -2.16. The highest BCUT2D eigenvalue weighted by atomic mass is 35.5. The van der Waals surface area contributed by atoms with Crippen molar-refractivity contribution >= 4 is 53.1 Å². The molecule has 0 bridgehead atoms. The molecule has 0 spiro atoms. The topological polar surface area (TPSA) is 29.5 Å². The summed E-state index contributed by atoms with van der Waals surface area (Å²) in [5.74, 6) is 0.580. The first-order chi connectivity index (χ1) is 6.94. The minimum atomic E-state index is -2.88. The van der Waals surface area contributed by atoms with Crippen LogP contribution in [0, 0.1) is 0 Å². The average Bonchev–Trinajstić information content (AvgIpc) is 2.09. The number of hydrogen-bond acceptors (Lipinski definition) is 2. The Hall–Kier alpha value is 0.500. The first kappa shape index (κ1) is 13.6. The fraction of sp³-hybridized carbons (Fsp3) is 0.250. The van der Waals surface area contributed by atoms with E-state index in [1.807, 2.05) is 0 Å².